The number of thiophene rings is 1. The Bertz CT molecular complexity index is 1390. The van der Waals surface area contributed by atoms with Crippen LogP contribution < -0.4 is 10.6 Å². The summed E-state index contributed by atoms with van der Waals surface area (Å²) < 4.78 is 74.1. The monoisotopic (exact) mass is 577 g/mol. The molecular formula is C22H26F3N5O6S2. The van der Waals surface area contributed by atoms with Crippen LogP contribution in [0.25, 0.3) is 10.9 Å². The highest BCUT2D eigenvalue weighted by atomic mass is 32.2. The molecule has 0 aliphatic heterocycles. The second kappa shape index (κ2) is 11.7. The fourth-order valence-corrected chi connectivity index (χ4v) is 6.82. The highest BCUT2D eigenvalue weighted by molar-refractivity contribution is 7.89. The number of alkyl carbamates (subject to hydrolysis) is 1. The first-order chi connectivity index (χ1) is 17.8. The summed E-state index contributed by atoms with van der Waals surface area (Å²) in [5, 5.41) is 21.2. The maximum atomic E-state index is 13.8. The number of sulfonamides is 1. The molecule has 4 N–H and O–H groups in total. The Morgan fingerprint density at radius 2 is 1.89 bits per heavy atom. The van der Waals surface area contributed by atoms with Gasteiger partial charge in [0.1, 0.15) is 6.54 Å². The van der Waals surface area contributed by atoms with Crippen molar-refractivity contribution in [2.45, 2.75) is 43.0 Å². The maximum Gasteiger partial charge on any atom is 0.413 e. The number of carbonyl (C=O) groups is 2. The summed E-state index contributed by atoms with van der Waals surface area (Å²) in [6.07, 6.45) is -4.37. The van der Waals surface area contributed by atoms with Crippen LogP contribution in [0.5, 0.6) is 0 Å². The van der Waals surface area contributed by atoms with E-state index in [0.717, 1.165) is 17.5 Å². The van der Waals surface area contributed by atoms with Crippen LogP contribution in [0, 0.1) is 0 Å². The van der Waals surface area contributed by atoms with Gasteiger partial charge in [-0.15, -0.1) is 11.3 Å². The number of aliphatic hydroxyl groups is 1. The van der Waals surface area contributed by atoms with Crippen LogP contribution in [0.4, 0.5) is 18.0 Å². The number of aromatic nitrogens is 2. The Morgan fingerprint density at radius 1 is 1.21 bits per heavy atom. The number of aromatic amines is 1. The van der Waals surface area contributed by atoms with Gasteiger partial charge in [0.2, 0.25) is 15.9 Å². The number of halogens is 3. The molecule has 0 aliphatic rings. The SMILES string of the molecule is COC(=O)NCC(=O)NC(c1ccc(C(CO)N(C(C)C)S(=O)(=O)c2ccc3cn[nH]c3c2)s1)C(F)(F)F. The van der Waals surface area contributed by atoms with Gasteiger partial charge < -0.3 is 20.5 Å². The van der Waals surface area contributed by atoms with Gasteiger partial charge in [0.25, 0.3) is 0 Å². The molecule has 3 rings (SSSR count). The zero-order valence-electron chi connectivity index (χ0n) is 20.4. The van der Waals surface area contributed by atoms with E-state index in [1.165, 1.54) is 24.4 Å². The largest absolute Gasteiger partial charge is 0.453 e. The van der Waals surface area contributed by atoms with Gasteiger partial charge in [-0.3, -0.25) is 9.89 Å². The molecule has 2 heterocycles. The minimum absolute atomic E-state index is 0.0864. The molecule has 208 valence electrons. The van der Waals surface area contributed by atoms with Crippen LogP contribution in [0.3, 0.4) is 0 Å². The molecule has 11 nitrogen and oxygen atoms in total. The highest BCUT2D eigenvalue weighted by Gasteiger charge is 2.43. The third-order valence-electron chi connectivity index (χ3n) is 5.45. The molecule has 0 spiro atoms. The second-order valence-corrected chi connectivity index (χ2v) is 11.4. The number of hydrogen-bond donors (Lipinski definition) is 4. The van der Waals surface area contributed by atoms with Crippen molar-refractivity contribution >= 4 is 44.3 Å². The first-order valence-electron chi connectivity index (χ1n) is 11.1. The van der Waals surface area contributed by atoms with E-state index in [0.29, 0.717) is 22.2 Å². The summed E-state index contributed by atoms with van der Waals surface area (Å²) in [4.78, 5) is 22.9. The van der Waals surface area contributed by atoms with Crippen LogP contribution in [-0.4, -0.2) is 72.5 Å². The van der Waals surface area contributed by atoms with E-state index in [1.807, 2.05) is 10.6 Å². The standard InChI is InChI=1S/C22H26F3N5O6S2/c1-12(2)30(38(34,35)14-5-4-13-9-27-29-15(13)8-14)16(11-31)17-6-7-18(37-17)20(22(23,24)25)28-19(32)10-26-21(33)36-3/h4-9,12,16,20,31H,10-11H2,1-3H3,(H,26,33)(H,27,29)(H,28,32). The van der Waals surface area contributed by atoms with Crippen LogP contribution in [0.1, 0.15) is 35.7 Å². The molecule has 0 fully saturated rings. The van der Waals surface area contributed by atoms with Crippen molar-refractivity contribution < 1.29 is 41.0 Å². The highest BCUT2D eigenvalue weighted by Crippen LogP contribution is 2.40. The molecule has 2 aromatic heterocycles. The zero-order chi connectivity index (χ0) is 28.3. The van der Waals surface area contributed by atoms with Gasteiger partial charge in [-0.25, -0.2) is 13.2 Å². The number of aliphatic hydroxyl groups excluding tert-OH is 1. The minimum Gasteiger partial charge on any atom is -0.453 e. The summed E-state index contributed by atoms with van der Waals surface area (Å²) in [7, 11) is -3.18. The van der Waals surface area contributed by atoms with Gasteiger partial charge in [-0.05, 0) is 44.2 Å². The fraction of sp³-hybridized carbons (Fsp3) is 0.409. The third kappa shape index (κ3) is 6.43. The van der Waals surface area contributed by atoms with E-state index in [4.69, 9.17) is 0 Å². The summed E-state index contributed by atoms with van der Waals surface area (Å²) in [6.45, 7) is 1.69. The van der Waals surface area contributed by atoms with Gasteiger partial charge in [-0.1, -0.05) is 0 Å². The lowest BCUT2D eigenvalue weighted by molar-refractivity contribution is -0.162. The zero-order valence-corrected chi connectivity index (χ0v) is 22.1. The Kier molecular flexibility index (Phi) is 9.01. The lowest BCUT2D eigenvalue weighted by Gasteiger charge is -2.32. The van der Waals surface area contributed by atoms with Gasteiger partial charge in [0, 0.05) is 21.2 Å². The number of carbonyl (C=O) groups excluding carboxylic acids is 2. The normalized spacial score (nSPS) is 14.0. The van der Waals surface area contributed by atoms with E-state index in [1.54, 1.807) is 19.9 Å². The summed E-state index contributed by atoms with van der Waals surface area (Å²) in [5.41, 5.74) is 0.471. The van der Waals surface area contributed by atoms with E-state index < -0.39 is 59.5 Å². The third-order valence-corrected chi connectivity index (χ3v) is 8.78. The van der Waals surface area contributed by atoms with Crippen LogP contribution in [0.15, 0.2) is 41.4 Å². The van der Waals surface area contributed by atoms with Crippen LogP contribution in [0.2, 0.25) is 0 Å². The van der Waals surface area contributed by atoms with Crippen LogP contribution in [-0.2, 0) is 19.6 Å². The van der Waals surface area contributed by atoms with Crippen molar-refractivity contribution in [2.24, 2.45) is 0 Å². The van der Waals surface area contributed by atoms with Gasteiger partial charge in [0.05, 0.1) is 36.4 Å². The predicted molar refractivity (Wildman–Crippen MR) is 132 cm³/mol. The second-order valence-electron chi connectivity index (χ2n) is 8.37. The molecule has 2 amide bonds. The van der Waals surface area contributed by atoms with E-state index in [9.17, 15) is 36.3 Å². The topological polar surface area (TPSA) is 154 Å². The number of amides is 2. The number of nitrogens with zero attached hydrogens (tertiary/aromatic N) is 2. The van der Waals surface area contributed by atoms with Crippen molar-refractivity contribution in [3.8, 4) is 0 Å². The quantitative estimate of drug-likeness (QED) is 0.289. The molecule has 3 aromatic rings. The minimum atomic E-state index is -4.90. The fourth-order valence-electron chi connectivity index (χ4n) is 3.75. The number of methoxy groups -OCH3 is 1. The maximum absolute atomic E-state index is 13.8. The van der Waals surface area contributed by atoms with Crippen molar-refractivity contribution in [3.05, 3.63) is 46.3 Å². The Balaban J connectivity index is 1.93. The molecule has 0 bridgehead atoms. The molecular weight excluding hydrogens is 551 g/mol. The molecule has 2 atom stereocenters. The summed E-state index contributed by atoms with van der Waals surface area (Å²) in [5.74, 6) is -1.12. The lowest BCUT2D eigenvalue weighted by Crippen LogP contribution is -2.43. The van der Waals surface area contributed by atoms with Gasteiger partial charge in [0.15, 0.2) is 6.04 Å². The average Bonchev–Trinajstić information content (AvgIpc) is 3.52. The van der Waals surface area contributed by atoms with Crippen molar-refractivity contribution in [3.63, 3.8) is 0 Å². The predicted octanol–water partition coefficient (Wildman–Crippen LogP) is 2.83. The molecule has 16 heteroatoms. The average molecular weight is 578 g/mol. The number of benzene rings is 1. The summed E-state index contributed by atoms with van der Waals surface area (Å²) >= 11 is 0.603. The Hall–Kier alpha value is -3.21. The number of nitrogens with one attached hydrogen (secondary N) is 3. The smallest absolute Gasteiger partial charge is 0.413 e. The van der Waals surface area contributed by atoms with Crippen molar-refractivity contribution in [1.29, 1.82) is 0 Å². The molecule has 0 saturated carbocycles. The first-order valence-corrected chi connectivity index (χ1v) is 13.4. The molecule has 0 radical (unpaired) electrons. The van der Waals surface area contributed by atoms with Crippen LogP contribution >= 0.6 is 11.3 Å². The summed E-state index contributed by atoms with van der Waals surface area (Å²) in [6, 6.07) is 2.40. The Morgan fingerprint density at radius 3 is 2.50 bits per heavy atom. The number of fused-ring (bicyclic) bond motifs is 1. The number of hydrogen-bond acceptors (Lipinski definition) is 8. The Labute approximate surface area is 220 Å². The van der Waals surface area contributed by atoms with Crippen molar-refractivity contribution in [2.75, 3.05) is 20.3 Å². The molecule has 38 heavy (non-hydrogen) atoms. The molecule has 0 saturated heterocycles. The van der Waals surface area contributed by atoms with Gasteiger partial charge in [-0.2, -0.15) is 22.6 Å². The molecule has 0 aliphatic carbocycles. The van der Waals surface area contributed by atoms with E-state index in [-0.39, 0.29) is 14.6 Å². The lowest BCUT2D eigenvalue weighted by atomic mass is 10.2. The number of H-pyrrole nitrogens is 1. The number of alkyl halides is 3. The molecule has 1 aromatic carbocycles. The van der Waals surface area contributed by atoms with E-state index in [2.05, 4.69) is 14.9 Å². The van der Waals surface area contributed by atoms with Gasteiger partial charge >= 0.3 is 12.3 Å². The number of rotatable bonds is 10. The molecule has 2 unspecified atom stereocenters. The van der Waals surface area contributed by atoms with Crippen molar-refractivity contribution in [1.82, 2.24) is 25.1 Å². The first kappa shape index (κ1) is 29.3. The van der Waals surface area contributed by atoms with E-state index >= 15 is 0 Å². The number of ether oxygens (including phenoxy) is 1.